The van der Waals surface area contributed by atoms with Crippen molar-refractivity contribution in [2.24, 2.45) is 0 Å². The molecule has 2 rings (SSSR count). The predicted molar refractivity (Wildman–Crippen MR) is 70.9 cm³/mol. The number of nitrogens with zero attached hydrogens (tertiary/aromatic N) is 1. The van der Waals surface area contributed by atoms with Crippen molar-refractivity contribution in [2.75, 3.05) is 6.61 Å². The normalized spacial score (nSPS) is 10.1. The average molecular weight is 255 g/mol. The molecular weight excluding hydrogens is 241 g/mol. The van der Waals surface area contributed by atoms with Gasteiger partial charge in [-0.3, -0.25) is 0 Å². The van der Waals surface area contributed by atoms with Crippen LogP contribution in [-0.4, -0.2) is 6.61 Å². The van der Waals surface area contributed by atoms with E-state index >= 15 is 0 Å². The summed E-state index contributed by atoms with van der Waals surface area (Å²) in [7, 11) is 0. The zero-order valence-electron chi connectivity index (χ0n) is 10.5. The van der Waals surface area contributed by atoms with Gasteiger partial charge in [0.2, 0.25) is 0 Å². The van der Waals surface area contributed by atoms with Gasteiger partial charge in [0.1, 0.15) is 11.9 Å². The average Bonchev–Trinajstić information content (AvgIpc) is 2.45. The molecule has 3 heteroatoms. The molecule has 0 N–H and O–H groups in total. The molecular formula is C16H14FNO. The van der Waals surface area contributed by atoms with Gasteiger partial charge in [0.05, 0.1) is 18.8 Å². The van der Waals surface area contributed by atoms with E-state index < -0.39 is 5.82 Å². The zero-order valence-corrected chi connectivity index (χ0v) is 10.5. The maximum atomic E-state index is 13.4. The number of halogens is 1. The highest BCUT2D eigenvalue weighted by molar-refractivity contribution is 5.33. The molecule has 0 bridgehead atoms. The number of ether oxygens (including phenoxy) is 1. The third-order valence-corrected chi connectivity index (χ3v) is 2.80. The van der Waals surface area contributed by atoms with E-state index in [1.54, 1.807) is 12.1 Å². The van der Waals surface area contributed by atoms with E-state index in [-0.39, 0.29) is 5.56 Å². The van der Waals surface area contributed by atoms with Crippen molar-refractivity contribution in [1.82, 2.24) is 0 Å². The first-order chi connectivity index (χ1) is 9.29. The summed E-state index contributed by atoms with van der Waals surface area (Å²) in [4.78, 5) is 0. The standard InChI is InChI=1S/C16H14FNO/c17-16-10-13(6-7-15(16)11-18)8-9-19-12-14-4-2-1-3-5-14/h1-7,10H,8-9,12H2. The van der Waals surface area contributed by atoms with Crippen LogP contribution in [0.15, 0.2) is 48.5 Å². The molecule has 0 aliphatic rings. The van der Waals surface area contributed by atoms with Crippen LogP contribution in [0.25, 0.3) is 0 Å². The van der Waals surface area contributed by atoms with E-state index in [4.69, 9.17) is 10.00 Å². The van der Waals surface area contributed by atoms with Crippen molar-refractivity contribution in [1.29, 1.82) is 5.26 Å². The van der Waals surface area contributed by atoms with Gasteiger partial charge in [0, 0.05) is 0 Å². The molecule has 0 aliphatic carbocycles. The van der Waals surface area contributed by atoms with Crippen LogP contribution in [0.5, 0.6) is 0 Å². The predicted octanol–water partition coefficient (Wildman–Crippen LogP) is 3.46. The largest absolute Gasteiger partial charge is 0.376 e. The van der Waals surface area contributed by atoms with Crippen LogP contribution in [-0.2, 0) is 17.8 Å². The van der Waals surface area contributed by atoms with Gasteiger partial charge in [-0.25, -0.2) is 4.39 Å². The molecule has 0 amide bonds. The van der Waals surface area contributed by atoms with Crippen LogP contribution in [0.2, 0.25) is 0 Å². The molecule has 0 radical (unpaired) electrons. The zero-order chi connectivity index (χ0) is 13.5. The summed E-state index contributed by atoms with van der Waals surface area (Å²) in [5.41, 5.74) is 2.03. The van der Waals surface area contributed by atoms with Gasteiger partial charge in [-0.2, -0.15) is 5.26 Å². The monoisotopic (exact) mass is 255 g/mol. The molecule has 0 atom stereocenters. The SMILES string of the molecule is N#Cc1ccc(CCOCc2ccccc2)cc1F. The van der Waals surface area contributed by atoms with E-state index in [0.717, 1.165) is 11.1 Å². The van der Waals surface area contributed by atoms with E-state index in [9.17, 15) is 4.39 Å². The minimum atomic E-state index is -0.469. The molecule has 0 aliphatic heterocycles. The summed E-state index contributed by atoms with van der Waals surface area (Å²) in [6.07, 6.45) is 0.634. The smallest absolute Gasteiger partial charge is 0.141 e. The Morgan fingerprint density at radius 3 is 2.53 bits per heavy atom. The molecule has 0 saturated heterocycles. The maximum Gasteiger partial charge on any atom is 0.141 e. The Kier molecular flexibility index (Phi) is 4.66. The molecule has 2 aromatic rings. The van der Waals surface area contributed by atoms with Crippen molar-refractivity contribution < 1.29 is 9.13 Å². The number of nitriles is 1. The first-order valence-corrected chi connectivity index (χ1v) is 6.10. The lowest BCUT2D eigenvalue weighted by Crippen LogP contribution is -2.00. The third kappa shape index (κ3) is 3.90. The van der Waals surface area contributed by atoms with Gasteiger partial charge in [-0.1, -0.05) is 36.4 Å². The van der Waals surface area contributed by atoms with Crippen LogP contribution < -0.4 is 0 Å². The van der Waals surface area contributed by atoms with E-state index in [0.29, 0.717) is 19.6 Å². The topological polar surface area (TPSA) is 33.0 Å². The lowest BCUT2D eigenvalue weighted by Gasteiger charge is -2.05. The summed E-state index contributed by atoms with van der Waals surface area (Å²) < 4.78 is 18.9. The Labute approximate surface area is 112 Å². The summed E-state index contributed by atoms with van der Waals surface area (Å²) in [5, 5.41) is 8.63. The Morgan fingerprint density at radius 1 is 1.05 bits per heavy atom. The van der Waals surface area contributed by atoms with Gasteiger partial charge in [0.15, 0.2) is 0 Å². The van der Waals surface area contributed by atoms with Crippen LogP contribution >= 0.6 is 0 Å². The second-order valence-electron chi connectivity index (χ2n) is 4.21. The fourth-order valence-corrected chi connectivity index (χ4v) is 1.76. The Morgan fingerprint density at radius 2 is 1.84 bits per heavy atom. The highest BCUT2D eigenvalue weighted by Crippen LogP contribution is 2.10. The van der Waals surface area contributed by atoms with Crippen molar-refractivity contribution >= 4 is 0 Å². The Bertz CT molecular complexity index is 575. The van der Waals surface area contributed by atoms with Crippen molar-refractivity contribution in [3.05, 3.63) is 71.0 Å². The first-order valence-electron chi connectivity index (χ1n) is 6.10. The maximum absolute atomic E-state index is 13.4. The van der Waals surface area contributed by atoms with Crippen LogP contribution in [0.1, 0.15) is 16.7 Å². The highest BCUT2D eigenvalue weighted by atomic mass is 19.1. The molecule has 0 aromatic heterocycles. The third-order valence-electron chi connectivity index (χ3n) is 2.80. The Balaban J connectivity index is 1.80. The Hall–Kier alpha value is -2.18. The highest BCUT2D eigenvalue weighted by Gasteiger charge is 2.02. The lowest BCUT2D eigenvalue weighted by molar-refractivity contribution is 0.124. The van der Waals surface area contributed by atoms with Gasteiger partial charge in [0.25, 0.3) is 0 Å². The second-order valence-corrected chi connectivity index (χ2v) is 4.21. The van der Waals surface area contributed by atoms with Crippen LogP contribution in [0, 0.1) is 17.1 Å². The van der Waals surface area contributed by atoms with Crippen molar-refractivity contribution in [2.45, 2.75) is 13.0 Å². The second kappa shape index (κ2) is 6.67. The number of benzene rings is 2. The summed E-state index contributed by atoms with van der Waals surface area (Å²) in [6.45, 7) is 1.08. The van der Waals surface area contributed by atoms with Gasteiger partial charge < -0.3 is 4.74 Å². The number of hydrogen-bond donors (Lipinski definition) is 0. The molecule has 19 heavy (non-hydrogen) atoms. The summed E-state index contributed by atoms with van der Waals surface area (Å²) >= 11 is 0. The van der Waals surface area contributed by atoms with Crippen molar-refractivity contribution in [3.63, 3.8) is 0 Å². The molecule has 0 heterocycles. The first kappa shape index (κ1) is 13.3. The number of rotatable bonds is 5. The fourth-order valence-electron chi connectivity index (χ4n) is 1.76. The quantitative estimate of drug-likeness (QED) is 0.766. The summed E-state index contributed by atoms with van der Waals surface area (Å²) in [5.74, 6) is -0.469. The number of hydrogen-bond acceptors (Lipinski definition) is 2. The van der Waals surface area contributed by atoms with E-state index in [1.165, 1.54) is 12.1 Å². The lowest BCUT2D eigenvalue weighted by atomic mass is 10.1. The van der Waals surface area contributed by atoms with Gasteiger partial charge in [-0.15, -0.1) is 0 Å². The van der Waals surface area contributed by atoms with Crippen LogP contribution in [0.4, 0.5) is 4.39 Å². The minimum absolute atomic E-state index is 0.0777. The fraction of sp³-hybridized carbons (Fsp3) is 0.188. The molecule has 0 fully saturated rings. The molecule has 0 spiro atoms. The van der Waals surface area contributed by atoms with Gasteiger partial charge >= 0.3 is 0 Å². The molecule has 2 aromatic carbocycles. The summed E-state index contributed by atoms with van der Waals surface area (Å²) in [6, 6.07) is 16.4. The molecule has 0 saturated carbocycles. The van der Waals surface area contributed by atoms with Crippen LogP contribution in [0.3, 0.4) is 0 Å². The van der Waals surface area contributed by atoms with E-state index in [1.807, 2.05) is 30.3 Å². The van der Waals surface area contributed by atoms with E-state index in [2.05, 4.69) is 0 Å². The molecule has 0 unspecified atom stereocenters. The van der Waals surface area contributed by atoms with Gasteiger partial charge in [-0.05, 0) is 29.7 Å². The minimum Gasteiger partial charge on any atom is -0.376 e. The van der Waals surface area contributed by atoms with Crippen molar-refractivity contribution in [3.8, 4) is 6.07 Å². The molecule has 96 valence electrons. The molecule has 2 nitrogen and oxygen atoms in total.